The molecule has 0 saturated heterocycles. The number of amides is 1. The number of unbranched alkanes of at least 4 members (excludes halogenated alkanes) is 40. The van der Waals surface area contributed by atoms with Crippen LogP contribution in [0.2, 0.25) is 0 Å². The number of hydrogen-bond acceptors (Lipinski definition) is 4. The molecule has 0 saturated carbocycles. The number of nitrogens with one attached hydrogen (secondary N) is 1. The fraction of sp³-hybridized carbons (Fsp3) is 0.857. The minimum atomic E-state index is -1.17. The second-order valence-corrected chi connectivity index (χ2v) is 20.9. The van der Waals surface area contributed by atoms with E-state index in [1.807, 2.05) is 0 Å². The van der Waals surface area contributed by atoms with Gasteiger partial charge in [-0.15, -0.1) is 0 Å². The summed E-state index contributed by atoms with van der Waals surface area (Å²) in [6.07, 6.45) is 77.2. The lowest BCUT2D eigenvalue weighted by atomic mass is 10.0. The Balaban J connectivity index is 3.55. The monoisotopic (exact) mass is 954 g/mol. The fourth-order valence-corrected chi connectivity index (χ4v) is 9.45. The molecule has 0 aromatic heterocycles. The molecule has 0 spiro atoms. The SMILES string of the molecule is CCCCCCCCCCC/C=C\C/C=C\CCCCCCCCCCCCCCCCCCCC(=O)NC(CO)C(O)C(O)CCC/C=C/CC/C=C/CCCCCCCCCCCCCC. The smallest absolute Gasteiger partial charge is 0.220 e. The highest BCUT2D eigenvalue weighted by Crippen LogP contribution is 2.17. The molecular formula is C63H119NO4. The third-order valence-corrected chi connectivity index (χ3v) is 14.1. The van der Waals surface area contributed by atoms with E-state index < -0.39 is 18.2 Å². The molecule has 0 aromatic carbocycles. The molecule has 5 heteroatoms. The lowest BCUT2D eigenvalue weighted by Gasteiger charge is -2.26. The van der Waals surface area contributed by atoms with Crippen molar-refractivity contribution in [1.82, 2.24) is 5.32 Å². The van der Waals surface area contributed by atoms with Gasteiger partial charge in [0.25, 0.3) is 0 Å². The molecule has 4 N–H and O–H groups in total. The first kappa shape index (κ1) is 66.3. The average molecular weight is 955 g/mol. The first-order valence-corrected chi connectivity index (χ1v) is 30.4. The largest absolute Gasteiger partial charge is 0.394 e. The average Bonchev–Trinajstić information content (AvgIpc) is 3.34. The van der Waals surface area contributed by atoms with Gasteiger partial charge in [0, 0.05) is 6.42 Å². The van der Waals surface area contributed by atoms with Gasteiger partial charge < -0.3 is 20.6 Å². The summed E-state index contributed by atoms with van der Waals surface area (Å²) in [5.74, 6) is -0.155. The lowest BCUT2D eigenvalue weighted by Crippen LogP contribution is -2.50. The van der Waals surface area contributed by atoms with Gasteiger partial charge in [0.1, 0.15) is 6.10 Å². The predicted molar refractivity (Wildman–Crippen MR) is 301 cm³/mol. The van der Waals surface area contributed by atoms with Crippen LogP contribution in [0.4, 0.5) is 0 Å². The molecule has 0 radical (unpaired) electrons. The number of hydrogen-bond donors (Lipinski definition) is 4. The summed E-state index contributed by atoms with van der Waals surface area (Å²) in [4.78, 5) is 12.5. The van der Waals surface area contributed by atoms with Gasteiger partial charge >= 0.3 is 0 Å². The molecule has 3 atom stereocenters. The van der Waals surface area contributed by atoms with Crippen LogP contribution in [-0.4, -0.2) is 46.1 Å². The summed E-state index contributed by atoms with van der Waals surface area (Å²) in [7, 11) is 0. The highest BCUT2D eigenvalue weighted by Gasteiger charge is 2.26. The van der Waals surface area contributed by atoms with Crippen LogP contribution in [0.3, 0.4) is 0 Å². The van der Waals surface area contributed by atoms with Crippen molar-refractivity contribution in [3.8, 4) is 0 Å². The molecule has 0 rings (SSSR count). The van der Waals surface area contributed by atoms with Gasteiger partial charge in [-0.3, -0.25) is 4.79 Å². The molecule has 0 bridgehead atoms. The van der Waals surface area contributed by atoms with Crippen LogP contribution in [0.15, 0.2) is 48.6 Å². The van der Waals surface area contributed by atoms with Crippen LogP contribution in [-0.2, 0) is 4.79 Å². The molecule has 0 fully saturated rings. The molecule has 400 valence electrons. The van der Waals surface area contributed by atoms with Crippen LogP contribution in [0.1, 0.15) is 322 Å². The molecule has 68 heavy (non-hydrogen) atoms. The van der Waals surface area contributed by atoms with Crippen molar-refractivity contribution in [2.75, 3.05) is 6.61 Å². The summed E-state index contributed by atoms with van der Waals surface area (Å²) in [5, 5.41) is 33.8. The van der Waals surface area contributed by atoms with Crippen LogP contribution in [0, 0.1) is 0 Å². The van der Waals surface area contributed by atoms with E-state index in [-0.39, 0.29) is 12.5 Å². The lowest BCUT2D eigenvalue weighted by molar-refractivity contribution is -0.124. The van der Waals surface area contributed by atoms with Crippen LogP contribution in [0.25, 0.3) is 0 Å². The minimum Gasteiger partial charge on any atom is -0.394 e. The van der Waals surface area contributed by atoms with Crippen molar-refractivity contribution in [2.45, 2.75) is 340 Å². The Hall–Kier alpha value is -1.69. The van der Waals surface area contributed by atoms with Gasteiger partial charge in [0.05, 0.1) is 18.8 Å². The predicted octanol–water partition coefficient (Wildman–Crippen LogP) is 19.2. The van der Waals surface area contributed by atoms with Crippen molar-refractivity contribution in [3.63, 3.8) is 0 Å². The van der Waals surface area contributed by atoms with Crippen molar-refractivity contribution in [3.05, 3.63) is 48.6 Å². The highest BCUT2D eigenvalue weighted by atomic mass is 16.3. The summed E-state index contributed by atoms with van der Waals surface area (Å²) in [5.41, 5.74) is 0. The van der Waals surface area contributed by atoms with E-state index in [2.05, 4.69) is 67.8 Å². The van der Waals surface area contributed by atoms with Gasteiger partial charge in [-0.1, -0.05) is 281 Å². The van der Waals surface area contributed by atoms with Crippen molar-refractivity contribution in [1.29, 1.82) is 0 Å². The third-order valence-electron chi connectivity index (χ3n) is 14.1. The highest BCUT2D eigenvalue weighted by molar-refractivity contribution is 5.76. The fourth-order valence-electron chi connectivity index (χ4n) is 9.45. The maximum atomic E-state index is 12.5. The Bertz CT molecular complexity index is 1100. The summed E-state index contributed by atoms with van der Waals surface area (Å²) in [6, 6.07) is -0.834. The minimum absolute atomic E-state index is 0.155. The number of allylic oxidation sites excluding steroid dienone is 8. The van der Waals surface area contributed by atoms with Crippen LogP contribution >= 0.6 is 0 Å². The first-order valence-electron chi connectivity index (χ1n) is 30.4. The van der Waals surface area contributed by atoms with Crippen molar-refractivity contribution >= 4 is 5.91 Å². The van der Waals surface area contributed by atoms with E-state index in [1.165, 1.54) is 244 Å². The first-order chi connectivity index (χ1) is 33.6. The van der Waals surface area contributed by atoms with Gasteiger partial charge in [-0.2, -0.15) is 0 Å². The zero-order valence-electron chi connectivity index (χ0n) is 45.7. The van der Waals surface area contributed by atoms with Crippen LogP contribution in [0.5, 0.6) is 0 Å². The number of carbonyl (C=O) groups is 1. The van der Waals surface area contributed by atoms with Gasteiger partial charge in [0.2, 0.25) is 5.91 Å². The normalized spacial score (nSPS) is 13.5. The Kier molecular flexibility index (Phi) is 56.4. The standard InChI is InChI=1S/C63H119NO4/c1-3-5-7-9-11-13-15-17-19-21-23-25-26-27-28-29-30-31-32-33-34-35-36-38-40-42-44-46-48-50-52-54-56-58-62(67)64-60(59-65)63(68)61(66)57-55-53-51-49-47-45-43-41-39-37-24-22-20-18-16-14-12-10-8-6-4-2/h23,25,27-28,41,43,49,51,60-61,63,65-66,68H,3-22,24,26,29-40,42,44-48,50,52-59H2,1-2H3,(H,64,67)/b25-23-,28-27-,43-41+,51-49+. The molecule has 3 unspecified atom stereocenters. The van der Waals surface area contributed by atoms with Crippen molar-refractivity contribution in [2.24, 2.45) is 0 Å². The Labute approximate surface area is 425 Å². The summed E-state index contributed by atoms with van der Waals surface area (Å²) in [6.45, 7) is 4.19. The van der Waals surface area contributed by atoms with E-state index in [1.54, 1.807) is 0 Å². The van der Waals surface area contributed by atoms with E-state index >= 15 is 0 Å². The Morgan fingerprint density at radius 1 is 0.368 bits per heavy atom. The van der Waals surface area contributed by atoms with Crippen molar-refractivity contribution < 1.29 is 20.1 Å². The molecule has 0 aliphatic carbocycles. The quantitative estimate of drug-likeness (QED) is 0.0361. The molecule has 0 aliphatic rings. The number of carbonyl (C=O) groups excluding carboxylic acids is 1. The van der Waals surface area contributed by atoms with Gasteiger partial charge in [-0.05, 0) is 83.5 Å². The maximum Gasteiger partial charge on any atom is 0.220 e. The molecule has 1 amide bonds. The molecule has 5 nitrogen and oxygen atoms in total. The molecule has 0 aromatic rings. The summed E-state index contributed by atoms with van der Waals surface area (Å²) >= 11 is 0. The second kappa shape index (κ2) is 57.9. The van der Waals surface area contributed by atoms with E-state index in [0.29, 0.717) is 12.8 Å². The molecule has 0 aliphatic heterocycles. The number of rotatable bonds is 56. The number of aliphatic hydroxyl groups is 3. The van der Waals surface area contributed by atoms with Gasteiger partial charge in [-0.25, -0.2) is 0 Å². The zero-order chi connectivity index (χ0) is 49.3. The topological polar surface area (TPSA) is 89.8 Å². The maximum absolute atomic E-state index is 12.5. The Morgan fingerprint density at radius 3 is 0.985 bits per heavy atom. The third kappa shape index (κ3) is 52.1. The van der Waals surface area contributed by atoms with E-state index in [4.69, 9.17) is 0 Å². The Morgan fingerprint density at radius 2 is 0.647 bits per heavy atom. The summed E-state index contributed by atoms with van der Waals surface area (Å²) < 4.78 is 0. The molecular weight excluding hydrogens is 835 g/mol. The molecule has 0 heterocycles. The van der Waals surface area contributed by atoms with E-state index in [0.717, 1.165) is 51.4 Å². The second-order valence-electron chi connectivity index (χ2n) is 20.9. The zero-order valence-corrected chi connectivity index (χ0v) is 45.7. The van der Waals surface area contributed by atoms with Crippen LogP contribution < -0.4 is 5.32 Å². The van der Waals surface area contributed by atoms with Gasteiger partial charge in [0.15, 0.2) is 0 Å². The van der Waals surface area contributed by atoms with E-state index in [9.17, 15) is 20.1 Å². The number of aliphatic hydroxyl groups excluding tert-OH is 3.